The van der Waals surface area contributed by atoms with Crippen LogP contribution < -0.4 is 0 Å². The highest BCUT2D eigenvalue weighted by atomic mass is 15.3. The van der Waals surface area contributed by atoms with Gasteiger partial charge >= 0.3 is 0 Å². The number of aryl methyl sites for hydroxylation is 1. The molecule has 1 saturated heterocycles. The molecular formula is C17H25N3. The molecule has 0 bridgehead atoms. The quantitative estimate of drug-likeness (QED) is 0.843. The maximum absolute atomic E-state index is 9.56. The lowest BCUT2D eigenvalue weighted by Gasteiger charge is -2.41. The molecule has 3 heteroatoms. The standard InChI is InChI=1S/C17H25N3/c1-4-15-6-8-16(9-7-15)17(12-18)20-11-10-19(5-2)14(3)13-20/h6-9,14,17H,4-5,10-11,13H2,1-3H3. The summed E-state index contributed by atoms with van der Waals surface area (Å²) in [6.45, 7) is 10.7. The first kappa shape index (κ1) is 15.0. The molecule has 1 aromatic carbocycles. The maximum atomic E-state index is 9.56. The average Bonchev–Trinajstić information content (AvgIpc) is 2.49. The molecule has 3 nitrogen and oxygen atoms in total. The molecule has 0 aromatic heterocycles. The second-order valence-corrected chi connectivity index (χ2v) is 5.60. The van der Waals surface area contributed by atoms with Crippen molar-refractivity contribution in [3.8, 4) is 6.07 Å². The summed E-state index contributed by atoms with van der Waals surface area (Å²) in [6, 6.07) is 11.4. The molecule has 1 aromatic rings. The molecule has 0 N–H and O–H groups in total. The zero-order chi connectivity index (χ0) is 14.5. The Morgan fingerprint density at radius 1 is 1.25 bits per heavy atom. The number of benzene rings is 1. The van der Waals surface area contributed by atoms with Crippen LogP contribution >= 0.6 is 0 Å². The zero-order valence-electron chi connectivity index (χ0n) is 12.8. The lowest BCUT2D eigenvalue weighted by atomic mass is 10.0. The Labute approximate surface area is 122 Å². The summed E-state index contributed by atoms with van der Waals surface area (Å²) in [5, 5.41) is 9.56. The van der Waals surface area contributed by atoms with Crippen molar-refractivity contribution in [2.75, 3.05) is 26.2 Å². The Kier molecular flexibility index (Phi) is 5.17. The largest absolute Gasteiger partial charge is 0.298 e. The van der Waals surface area contributed by atoms with E-state index in [1.165, 1.54) is 5.56 Å². The Morgan fingerprint density at radius 2 is 1.95 bits per heavy atom. The van der Waals surface area contributed by atoms with E-state index in [0.717, 1.165) is 38.2 Å². The summed E-state index contributed by atoms with van der Waals surface area (Å²) < 4.78 is 0. The predicted octanol–water partition coefficient (Wildman–Crippen LogP) is 2.84. The second kappa shape index (κ2) is 6.88. The van der Waals surface area contributed by atoms with E-state index in [1.807, 2.05) is 0 Å². The second-order valence-electron chi connectivity index (χ2n) is 5.60. The summed E-state index contributed by atoms with van der Waals surface area (Å²) in [4.78, 5) is 4.79. The highest BCUT2D eigenvalue weighted by molar-refractivity contribution is 5.28. The molecule has 0 amide bonds. The molecule has 108 valence electrons. The van der Waals surface area contributed by atoms with Crippen molar-refractivity contribution in [2.45, 2.75) is 39.3 Å². The van der Waals surface area contributed by atoms with Crippen molar-refractivity contribution >= 4 is 0 Å². The van der Waals surface area contributed by atoms with E-state index in [2.05, 4.69) is 60.9 Å². The molecule has 2 atom stereocenters. The van der Waals surface area contributed by atoms with Crippen LogP contribution in [0.25, 0.3) is 0 Å². The highest BCUT2D eigenvalue weighted by Gasteiger charge is 2.28. The molecule has 2 rings (SSSR count). The molecule has 1 heterocycles. The molecule has 20 heavy (non-hydrogen) atoms. The summed E-state index contributed by atoms with van der Waals surface area (Å²) >= 11 is 0. The molecule has 2 unspecified atom stereocenters. The first-order valence-electron chi connectivity index (χ1n) is 7.66. The van der Waals surface area contributed by atoms with E-state index in [1.54, 1.807) is 0 Å². The third-order valence-electron chi connectivity index (χ3n) is 4.39. The third kappa shape index (κ3) is 3.20. The Balaban J connectivity index is 2.10. The topological polar surface area (TPSA) is 30.3 Å². The van der Waals surface area contributed by atoms with Crippen LogP contribution in [0.4, 0.5) is 0 Å². The Hall–Kier alpha value is -1.37. The van der Waals surface area contributed by atoms with Crippen molar-refractivity contribution < 1.29 is 0 Å². The number of nitriles is 1. The van der Waals surface area contributed by atoms with Gasteiger partial charge in [0.25, 0.3) is 0 Å². The van der Waals surface area contributed by atoms with Crippen molar-refractivity contribution in [1.29, 1.82) is 5.26 Å². The predicted molar refractivity (Wildman–Crippen MR) is 82.5 cm³/mol. The van der Waals surface area contributed by atoms with Gasteiger partial charge in [-0.2, -0.15) is 5.26 Å². The fourth-order valence-electron chi connectivity index (χ4n) is 3.03. The fraction of sp³-hybridized carbons (Fsp3) is 0.588. The first-order valence-corrected chi connectivity index (χ1v) is 7.66. The van der Waals surface area contributed by atoms with Crippen molar-refractivity contribution in [3.05, 3.63) is 35.4 Å². The lowest BCUT2D eigenvalue weighted by molar-refractivity contribution is 0.0730. The van der Waals surface area contributed by atoms with E-state index in [4.69, 9.17) is 0 Å². The van der Waals surface area contributed by atoms with Crippen molar-refractivity contribution in [1.82, 2.24) is 9.80 Å². The van der Waals surface area contributed by atoms with Gasteiger partial charge < -0.3 is 0 Å². The average molecular weight is 271 g/mol. The SMILES string of the molecule is CCc1ccc(C(C#N)N2CCN(CC)C(C)C2)cc1. The number of likely N-dealkylation sites (N-methyl/N-ethyl adjacent to an activating group) is 1. The van der Waals surface area contributed by atoms with Crippen LogP contribution in [0.15, 0.2) is 24.3 Å². The van der Waals surface area contributed by atoms with E-state index in [-0.39, 0.29) is 6.04 Å². The maximum Gasteiger partial charge on any atom is 0.123 e. The first-order chi connectivity index (χ1) is 9.69. The summed E-state index contributed by atoms with van der Waals surface area (Å²) in [5.74, 6) is 0. The van der Waals surface area contributed by atoms with Crippen LogP contribution in [0, 0.1) is 11.3 Å². The van der Waals surface area contributed by atoms with Gasteiger partial charge in [0.2, 0.25) is 0 Å². The van der Waals surface area contributed by atoms with Gasteiger partial charge in [-0.25, -0.2) is 0 Å². The molecule has 1 aliphatic heterocycles. The molecular weight excluding hydrogens is 246 g/mol. The van der Waals surface area contributed by atoms with Gasteiger partial charge in [0, 0.05) is 25.7 Å². The van der Waals surface area contributed by atoms with Crippen LogP contribution in [-0.4, -0.2) is 42.0 Å². The number of hydrogen-bond acceptors (Lipinski definition) is 3. The van der Waals surface area contributed by atoms with E-state index in [9.17, 15) is 5.26 Å². The minimum Gasteiger partial charge on any atom is -0.298 e. The van der Waals surface area contributed by atoms with Gasteiger partial charge in [-0.1, -0.05) is 38.1 Å². The van der Waals surface area contributed by atoms with Crippen LogP contribution in [0.5, 0.6) is 0 Å². The van der Waals surface area contributed by atoms with Crippen molar-refractivity contribution in [3.63, 3.8) is 0 Å². The summed E-state index contributed by atoms with van der Waals surface area (Å²) in [7, 11) is 0. The zero-order valence-corrected chi connectivity index (χ0v) is 12.8. The monoisotopic (exact) mass is 271 g/mol. The van der Waals surface area contributed by atoms with Gasteiger partial charge in [0.05, 0.1) is 6.07 Å². The van der Waals surface area contributed by atoms with E-state index >= 15 is 0 Å². The molecule has 0 aliphatic carbocycles. The number of piperazine rings is 1. The fourth-order valence-corrected chi connectivity index (χ4v) is 3.03. The molecule has 1 fully saturated rings. The minimum atomic E-state index is -0.109. The highest BCUT2D eigenvalue weighted by Crippen LogP contribution is 2.23. The van der Waals surface area contributed by atoms with Gasteiger partial charge in [-0.15, -0.1) is 0 Å². The molecule has 0 radical (unpaired) electrons. The summed E-state index contributed by atoms with van der Waals surface area (Å²) in [6.07, 6.45) is 1.05. The number of hydrogen-bond donors (Lipinski definition) is 0. The molecule has 0 spiro atoms. The summed E-state index contributed by atoms with van der Waals surface area (Å²) in [5.41, 5.74) is 2.46. The Morgan fingerprint density at radius 3 is 2.45 bits per heavy atom. The van der Waals surface area contributed by atoms with Gasteiger partial charge in [-0.3, -0.25) is 9.80 Å². The smallest absolute Gasteiger partial charge is 0.123 e. The third-order valence-corrected chi connectivity index (χ3v) is 4.39. The lowest BCUT2D eigenvalue weighted by Crippen LogP contribution is -2.52. The van der Waals surface area contributed by atoms with Gasteiger partial charge in [0.15, 0.2) is 0 Å². The van der Waals surface area contributed by atoms with Crippen LogP contribution in [0.1, 0.15) is 37.9 Å². The number of nitrogens with zero attached hydrogens (tertiary/aromatic N) is 3. The van der Waals surface area contributed by atoms with E-state index < -0.39 is 0 Å². The van der Waals surface area contributed by atoms with Crippen LogP contribution in [-0.2, 0) is 6.42 Å². The normalized spacial score (nSPS) is 22.4. The van der Waals surface area contributed by atoms with E-state index in [0.29, 0.717) is 6.04 Å². The van der Waals surface area contributed by atoms with Crippen LogP contribution in [0.2, 0.25) is 0 Å². The number of rotatable bonds is 4. The van der Waals surface area contributed by atoms with Gasteiger partial charge in [-0.05, 0) is 31.0 Å². The van der Waals surface area contributed by atoms with Crippen LogP contribution in [0.3, 0.4) is 0 Å². The Bertz CT molecular complexity index is 460. The minimum absolute atomic E-state index is 0.109. The molecule has 1 aliphatic rings. The molecule has 0 saturated carbocycles. The van der Waals surface area contributed by atoms with Gasteiger partial charge in [0.1, 0.15) is 6.04 Å². The van der Waals surface area contributed by atoms with Crippen molar-refractivity contribution in [2.24, 2.45) is 0 Å².